The van der Waals surface area contributed by atoms with Crippen molar-refractivity contribution in [1.82, 2.24) is 4.98 Å². The molecule has 0 aromatic carbocycles. The molecule has 0 aliphatic carbocycles. The van der Waals surface area contributed by atoms with Crippen LogP contribution in [-0.4, -0.2) is 18.2 Å². The fourth-order valence-corrected chi connectivity index (χ4v) is 1.27. The number of hydrogen-bond acceptors (Lipinski definition) is 3. The molecule has 0 amide bonds. The highest BCUT2D eigenvalue weighted by Crippen LogP contribution is 2.11. The van der Waals surface area contributed by atoms with Crippen molar-refractivity contribution < 1.29 is 9.47 Å². The second-order valence-corrected chi connectivity index (χ2v) is 3.37. The van der Waals surface area contributed by atoms with Crippen molar-refractivity contribution in [2.24, 2.45) is 0 Å². The number of aryl methyl sites for hydroxylation is 1. The highest BCUT2D eigenvalue weighted by Gasteiger charge is 2.04. The van der Waals surface area contributed by atoms with E-state index in [9.17, 15) is 0 Å². The van der Waals surface area contributed by atoms with Gasteiger partial charge >= 0.3 is 0 Å². The van der Waals surface area contributed by atoms with E-state index in [-0.39, 0.29) is 13.2 Å². The first-order valence-corrected chi connectivity index (χ1v) is 5.17. The summed E-state index contributed by atoms with van der Waals surface area (Å²) in [5.41, 5.74) is 2.64. The molecule has 3 heteroatoms. The van der Waals surface area contributed by atoms with Gasteiger partial charge in [-0.3, -0.25) is 4.98 Å². The highest BCUT2D eigenvalue weighted by molar-refractivity contribution is 5.24. The summed E-state index contributed by atoms with van der Waals surface area (Å²) in [4.78, 5) is 4.16. The third kappa shape index (κ3) is 4.70. The Labute approximate surface area is 102 Å². The van der Waals surface area contributed by atoms with Crippen LogP contribution in [-0.2, 0) is 22.7 Å². The molecule has 0 aliphatic heterocycles. The number of rotatable bonds is 6. The molecule has 0 unspecified atom stereocenters. The minimum Gasteiger partial charge on any atom is -0.364 e. The maximum atomic E-state index is 5.28. The molecule has 0 aliphatic rings. The van der Waals surface area contributed by atoms with E-state index >= 15 is 0 Å². The average molecular weight is 228 g/mol. The first-order chi connectivity index (χ1) is 8.27. The smallest absolute Gasteiger partial charge is 0.107 e. The summed E-state index contributed by atoms with van der Waals surface area (Å²) >= 11 is 0. The molecule has 0 N–H and O–H groups in total. The zero-order valence-corrected chi connectivity index (χ0v) is 9.82. The fourth-order valence-electron chi connectivity index (χ4n) is 1.27. The van der Waals surface area contributed by atoms with Gasteiger partial charge in [-0.15, -0.1) is 12.8 Å². The number of aromatic nitrogens is 1. The van der Waals surface area contributed by atoms with Crippen LogP contribution in [0.3, 0.4) is 0 Å². The quantitative estimate of drug-likeness (QED) is 0.546. The lowest BCUT2D eigenvalue weighted by atomic mass is 10.1. The second kappa shape index (κ2) is 7.46. The molecule has 1 heterocycles. The number of hydrogen-bond donors (Lipinski definition) is 0. The predicted octanol–water partition coefficient (Wildman–Crippen LogP) is 1.49. The third-order valence-electron chi connectivity index (χ3n) is 2.01. The summed E-state index contributed by atoms with van der Waals surface area (Å²) < 4.78 is 10.5. The van der Waals surface area contributed by atoms with Gasteiger partial charge in [0.2, 0.25) is 0 Å². The Kier molecular flexibility index (Phi) is 5.82. The molecule has 0 fully saturated rings. The van der Waals surface area contributed by atoms with E-state index in [2.05, 4.69) is 22.9 Å². The van der Waals surface area contributed by atoms with Crippen LogP contribution in [0.1, 0.15) is 16.8 Å². The van der Waals surface area contributed by atoms with Gasteiger partial charge in [-0.25, -0.2) is 0 Å². The van der Waals surface area contributed by atoms with Crippen molar-refractivity contribution in [3.05, 3.63) is 29.1 Å². The summed E-state index contributed by atoms with van der Waals surface area (Å²) in [6.45, 7) is 3.24. The van der Waals surface area contributed by atoms with Crippen molar-refractivity contribution >= 4 is 0 Å². The highest BCUT2D eigenvalue weighted by atomic mass is 16.5. The zero-order valence-electron chi connectivity index (χ0n) is 9.82. The molecule has 0 atom stereocenters. The summed E-state index contributed by atoms with van der Waals surface area (Å²) in [6, 6.07) is 3.13. The Hall–Kier alpha value is -1.81. The van der Waals surface area contributed by atoms with Gasteiger partial charge in [-0.1, -0.05) is 11.8 Å². The van der Waals surface area contributed by atoms with Gasteiger partial charge in [0, 0.05) is 23.5 Å². The van der Waals surface area contributed by atoms with Gasteiger partial charge in [-0.2, -0.15) is 0 Å². The molecular formula is C14H14NO2. The maximum Gasteiger partial charge on any atom is 0.107 e. The van der Waals surface area contributed by atoms with Crippen LogP contribution in [0.4, 0.5) is 0 Å². The number of terminal acetylenes is 2. The molecule has 3 nitrogen and oxygen atoms in total. The largest absolute Gasteiger partial charge is 0.364 e. The molecule has 0 saturated heterocycles. The lowest BCUT2D eigenvalue weighted by Gasteiger charge is -2.09. The normalized spacial score (nSPS) is 9.59. The molecule has 1 aromatic heterocycles. The Morgan fingerprint density at radius 2 is 1.88 bits per heavy atom. The van der Waals surface area contributed by atoms with E-state index in [1.165, 1.54) is 0 Å². The minimum atomic E-state index is 0.276. The Bertz CT molecular complexity index is 441. The van der Waals surface area contributed by atoms with Crippen molar-refractivity contribution in [3.8, 4) is 24.7 Å². The van der Waals surface area contributed by atoms with Crippen LogP contribution in [0.5, 0.6) is 0 Å². The van der Waals surface area contributed by atoms with Gasteiger partial charge in [0.05, 0.1) is 13.2 Å². The summed E-state index contributed by atoms with van der Waals surface area (Å²) in [6.07, 6.45) is 12.0. The lowest BCUT2D eigenvalue weighted by Crippen LogP contribution is -2.03. The molecule has 0 spiro atoms. The van der Waals surface area contributed by atoms with Gasteiger partial charge in [0.15, 0.2) is 0 Å². The Morgan fingerprint density at radius 3 is 2.53 bits per heavy atom. The van der Waals surface area contributed by atoms with E-state index in [1.54, 1.807) is 6.20 Å². The average Bonchev–Trinajstić information content (AvgIpc) is 2.32. The minimum absolute atomic E-state index is 0.276. The van der Waals surface area contributed by atoms with E-state index < -0.39 is 0 Å². The van der Waals surface area contributed by atoms with E-state index in [0.717, 1.165) is 16.8 Å². The molecule has 0 bridgehead atoms. The first kappa shape index (κ1) is 13.3. The van der Waals surface area contributed by atoms with E-state index in [4.69, 9.17) is 22.3 Å². The number of pyridine rings is 1. The van der Waals surface area contributed by atoms with Crippen molar-refractivity contribution in [2.45, 2.75) is 20.1 Å². The summed E-state index contributed by atoms with van der Waals surface area (Å²) in [5, 5.41) is 0. The Balaban J connectivity index is 2.67. The summed E-state index contributed by atoms with van der Waals surface area (Å²) in [7, 11) is 0. The van der Waals surface area contributed by atoms with Gasteiger partial charge < -0.3 is 9.47 Å². The van der Waals surface area contributed by atoms with Gasteiger partial charge in [0.1, 0.15) is 13.2 Å². The monoisotopic (exact) mass is 228 g/mol. The van der Waals surface area contributed by atoms with Crippen LogP contribution in [0.25, 0.3) is 0 Å². The third-order valence-corrected chi connectivity index (χ3v) is 2.01. The molecule has 1 rings (SSSR count). The molecular weight excluding hydrogens is 214 g/mol. The topological polar surface area (TPSA) is 31.4 Å². The van der Waals surface area contributed by atoms with Gasteiger partial charge in [0.25, 0.3) is 0 Å². The number of ether oxygens (including phenoxy) is 2. The van der Waals surface area contributed by atoms with Crippen LogP contribution in [0.2, 0.25) is 0 Å². The van der Waals surface area contributed by atoms with Crippen LogP contribution in [0, 0.1) is 37.7 Å². The van der Waals surface area contributed by atoms with E-state index in [0.29, 0.717) is 13.2 Å². The fraction of sp³-hybridized carbons (Fsp3) is 0.357. The second-order valence-electron chi connectivity index (χ2n) is 3.37. The first-order valence-electron chi connectivity index (χ1n) is 5.17. The van der Waals surface area contributed by atoms with Crippen molar-refractivity contribution in [1.29, 1.82) is 0 Å². The SMILES string of the molecule is C#CCOCc1[c]c(C)ncc1COCC#C. The van der Waals surface area contributed by atoms with Crippen LogP contribution < -0.4 is 0 Å². The molecule has 87 valence electrons. The number of nitrogens with zero attached hydrogens (tertiary/aromatic N) is 1. The van der Waals surface area contributed by atoms with E-state index in [1.807, 2.05) is 6.92 Å². The van der Waals surface area contributed by atoms with Crippen molar-refractivity contribution in [3.63, 3.8) is 0 Å². The zero-order chi connectivity index (χ0) is 12.5. The summed E-state index contributed by atoms with van der Waals surface area (Å²) in [5.74, 6) is 4.83. The molecule has 1 aromatic rings. The Morgan fingerprint density at radius 1 is 1.24 bits per heavy atom. The maximum absolute atomic E-state index is 5.28. The lowest BCUT2D eigenvalue weighted by molar-refractivity contribution is 0.138. The van der Waals surface area contributed by atoms with Crippen LogP contribution >= 0.6 is 0 Å². The van der Waals surface area contributed by atoms with Crippen molar-refractivity contribution in [2.75, 3.05) is 13.2 Å². The standard InChI is InChI=1S/C14H14NO2/c1-4-6-16-10-13-8-12(3)15-9-14(13)11-17-7-5-2/h1-2,9H,6-7,10-11H2,3H3. The molecule has 17 heavy (non-hydrogen) atoms. The predicted molar refractivity (Wildman–Crippen MR) is 64.8 cm³/mol. The van der Waals surface area contributed by atoms with Gasteiger partial charge in [-0.05, 0) is 12.5 Å². The van der Waals surface area contributed by atoms with Crippen LogP contribution in [0.15, 0.2) is 6.20 Å². The molecule has 1 radical (unpaired) electrons. The molecule has 0 saturated carbocycles.